The standard InChI is InChI=1S/C22H31N3O3/c1-2-9-24-14-17-3-8-20(24)16-25(15-17)22(27)19-6-4-18(5-7-19)21(26)23-10-12-28-13-11-23/h4-7,17,20H,2-3,8-16H2,1H3/t17-,20-/m0/s1. The number of nitrogens with zero attached hydrogens (tertiary/aromatic N) is 3. The monoisotopic (exact) mass is 385 g/mol. The Kier molecular flexibility index (Phi) is 5.97. The summed E-state index contributed by atoms with van der Waals surface area (Å²) >= 11 is 0. The number of piperidine rings is 1. The highest BCUT2D eigenvalue weighted by atomic mass is 16.5. The predicted octanol–water partition coefficient (Wildman–Crippen LogP) is 2.11. The van der Waals surface area contributed by atoms with Crippen molar-refractivity contribution in [3.63, 3.8) is 0 Å². The average molecular weight is 386 g/mol. The number of morpholine rings is 1. The maximum absolute atomic E-state index is 13.1. The van der Waals surface area contributed by atoms with Gasteiger partial charge in [0.05, 0.1) is 13.2 Å². The zero-order valence-corrected chi connectivity index (χ0v) is 16.8. The lowest BCUT2D eigenvalue weighted by Gasteiger charge is -2.35. The van der Waals surface area contributed by atoms with E-state index in [0.29, 0.717) is 49.4 Å². The molecule has 2 bridgehead atoms. The van der Waals surface area contributed by atoms with Gasteiger partial charge in [0.25, 0.3) is 11.8 Å². The van der Waals surface area contributed by atoms with Gasteiger partial charge >= 0.3 is 0 Å². The molecular weight excluding hydrogens is 354 g/mol. The lowest BCUT2D eigenvalue weighted by Crippen LogP contribution is -2.44. The van der Waals surface area contributed by atoms with E-state index in [0.717, 1.165) is 32.6 Å². The first kappa shape index (κ1) is 19.4. The molecule has 152 valence electrons. The molecule has 4 fully saturated rings. The van der Waals surface area contributed by atoms with E-state index in [1.165, 1.54) is 12.8 Å². The molecule has 0 N–H and O–H groups in total. The van der Waals surface area contributed by atoms with E-state index >= 15 is 0 Å². The lowest BCUT2D eigenvalue weighted by atomic mass is 9.95. The molecule has 1 aromatic rings. The number of ether oxygens (including phenoxy) is 1. The largest absolute Gasteiger partial charge is 0.378 e. The predicted molar refractivity (Wildman–Crippen MR) is 107 cm³/mol. The molecule has 2 atom stereocenters. The van der Waals surface area contributed by atoms with Crippen molar-refractivity contribution < 1.29 is 14.3 Å². The molecule has 6 nitrogen and oxygen atoms in total. The van der Waals surface area contributed by atoms with Crippen LogP contribution in [0.1, 0.15) is 46.9 Å². The Labute approximate surface area is 167 Å². The molecule has 6 heteroatoms. The molecule has 28 heavy (non-hydrogen) atoms. The van der Waals surface area contributed by atoms with Crippen molar-refractivity contribution in [3.05, 3.63) is 35.4 Å². The van der Waals surface area contributed by atoms with Crippen LogP contribution in [0.2, 0.25) is 0 Å². The summed E-state index contributed by atoms with van der Waals surface area (Å²) < 4.78 is 5.31. The van der Waals surface area contributed by atoms with Crippen molar-refractivity contribution in [1.82, 2.24) is 14.7 Å². The van der Waals surface area contributed by atoms with Crippen LogP contribution in [0.3, 0.4) is 0 Å². The van der Waals surface area contributed by atoms with Crippen molar-refractivity contribution >= 4 is 11.8 Å². The van der Waals surface area contributed by atoms with Crippen molar-refractivity contribution in [2.45, 2.75) is 32.2 Å². The first-order chi connectivity index (χ1) is 13.7. The van der Waals surface area contributed by atoms with E-state index in [4.69, 9.17) is 4.74 Å². The Hall–Kier alpha value is -1.92. The molecule has 0 radical (unpaired) electrons. The number of benzene rings is 1. The minimum atomic E-state index is 0.0188. The summed E-state index contributed by atoms with van der Waals surface area (Å²) in [4.78, 5) is 32.1. The third-order valence-electron chi connectivity index (χ3n) is 6.30. The quantitative estimate of drug-likeness (QED) is 0.797. The molecule has 4 heterocycles. The summed E-state index contributed by atoms with van der Waals surface area (Å²) in [6.45, 7) is 8.59. The summed E-state index contributed by atoms with van der Waals surface area (Å²) in [7, 11) is 0. The van der Waals surface area contributed by atoms with E-state index < -0.39 is 0 Å². The zero-order chi connectivity index (χ0) is 19.5. The van der Waals surface area contributed by atoms with E-state index in [1.807, 2.05) is 21.9 Å². The van der Waals surface area contributed by atoms with Crippen LogP contribution in [0.25, 0.3) is 0 Å². The van der Waals surface area contributed by atoms with E-state index in [9.17, 15) is 9.59 Å². The Morgan fingerprint density at radius 1 is 0.929 bits per heavy atom. The summed E-state index contributed by atoms with van der Waals surface area (Å²) in [5.74, 6) is 0.697. The fourth-order valence-corrected chi connectivity index (χ4v) is 4.79. The molecule has 0 spiro atoms. The molecular formula is C22H31N3O3. The second-order valence-corrected chi connectivity index (χ2v) is 8.28. The average Bonchev–Trinajstić information content (AvgIpc) is 3.06. The number of carbonyl (C=O) groups excluding carboxylic acids is 2. The van der Waals surface area contributed by atoms with Gasteiger partial charge in [-0.25, -0.2) is 0 Å². The van der Waals surface area contributed by atoms with E-state index in [2.05, 4.69) is 11.8 Å². The highest BCUT2D eigenvalue weighted by molar-refractivity contribution is 5.98. The van der Waals surface area contributed by atoms with Gasteiger partial charge in [-0.2, -0.15) is 0 Å². The minimum Gasteiger partial charge on any atom is -0.378 e. The van der Waals surface area contributed by atoms with Gasteiger partial charge in [0.1, 0.15) is 0 Å². The normalized spacial score (nSPS) is 25.6. The van der Waals surface area contributed by atoms with Crippen molar-refractivity contribution in [1.29, 1.82) is 0 Å². The van der Waals surface area contributed by atoms with Gasteiger partial charge in [-0.15, -0.1) is 0 Å². The number of rotatable bonds is 4. The summed E-state index contributed by atoms with van der Waals surface area (Å²) in [6, 6.07) is 7.70. The molecule has 0 unspecified atom stereocenters. The Bertz CT molecular complexity index is 699. The second kappa shape index (κ2) is 8.62. The van der Waals surface area contributed by atoms with Gasteiger partial charge in [0.15, 0.2) is 0 Å². The third kappa shape index (κ3) is 4.08. The first-order valence-corrected chi connectivity index (χ1v) is 10.7. The maximum Gasteiger partial charge on any atom is 0.254 e. The smallest absolute Gasteiger partial charge is 0.254 e. The Morgan fingerprint density at radius 2 is 1.57 bits per heavy atom. The van der Waals surface area contributed by atoms with Crippen LogP contribution in [-0.2, 0) is 4.74 Å². The van der Waals surface area contributed by atoms with E-state index in [1.54, 1.807) is 12.1 Å². The third-order valence-corrected chi connectivity index (χ3v) is 6.30. The number of fused-ring (bicyclic) bond motifs is 4. The van der Waals surface area contributed by atoms with Crippen LogP contribution in [0.5, 0.6) is 0 Å². The first-order valence-electron chi connectivity index (χ1n) is 10.7. The number of carbonyl (C=O) groups is 2. The maximum atomic E-state index is 13.1. The Morgan fingerprint density at radius 3 is 2.21 bits per heavy atom. The molecule has 1 aromatic carbocycles. The van der Waals surface area contributed by atoms with Crippen LogP contribution in [0, 0.1) is 5.92 Å². The molecule has 4 saturated heterocycles. The van der Waals surface area contributed by atoms with Crippen LogP contribution in [0.4, 0.5) is 0 Å². The van der Waals surface area contributed by atoms with Crippen LogP contribution >= 0.6 is 0 Å². The van der Waals surface area contributed by atoms with Crippen LogP contribution in [0.15, 0.2) is 24.3 Å². The van der Waals surface area contributed by atoms with Gasteiger partial charge in [-0.1, -0.05) is 6.92 Å². The van der Waals surface area contributed by atoms with Crippen molar-refractivity contribution in [2.24, 2.45) is 5.92 Å². The fourth-order valence-electron chi connectivity index (χ4n) is 4.79. The number of hydrogen-bond acceptors (Lipinski definition) is 4. The molecule has 5 rings (SSSR count). The lowest BCUT2D eigenvalue weighted by molar-refractivity contribution is 0.0303. The molecule has 4 aliphatic rings. The summed E-state index contributed by atoms with van der Waals surface area (Å²) in [5.41, 5.74) is 1.32. The second-order valence-electron chi connectivity index (χ2n) is 8.28. The molecule has 0 aliphatic carbocycles. The van der Waals surface area contributed by atoms with Crippen molar-refractivity contribution in [2.75, 3.05) is 52.5 Å². The van der Waals surface area contributed by atoms with Gasteiger partial charge in [0.2, 0.25) is 0 Å². The molecule has 2 amide bonds. The molecule has 4 aliphatic heterocycles. The summed E-state index contributed by atoms with van der Waals surface area (Å²) in [5, 5.41) is 0. The van der Waals surface area contributed by atoms with E-state index in [-0.39, 0.29) is 11.8 Å². The van der Waals surface area contributed by atoms with Crippen LogP contribution < -0.4 is 0 Å². The SMILES string of the molecule is CCCN1C[C@@H]2CC[C@H]1CN(C(=O)c1ccc(C(=O)N3CCOCC3)cc1)C2. The van der Waals surface area contributed by atoms with Crippen molar-refractivity contribution in [3.8, 4) is 0 Å². The topological polar surface area (TPSA) is 53.1 Å². The zero-order valence-electron chi connectivity index (χ0n) is 16.8. The highest BCUT2D eigenvalue weighted by Gasteiger charge is 2.36. The van der Waals surface area contributed by atoms with Gasteiger partial charge in [-0.05, 0) is 56.0 Å². The number of amides is 2. The van der Waals surface area contributed by atoms with Gasteiger partial charge in [-0.3, -0.25) is 14.5 Å². The fraction of sp³-hybridized carbons (Fsp3) is 0.636. The minimum absolute atomic E-state index is 0.0188. The summed E-state index contributed by atoms with van der Waals surface area (Å²) in [6.07, 6.45) is 3.58. The molecule has 0 aromatic heterocycles. The molecule has 0 saturated carbocycles. The van der Waals surface area contributed by atoms with Gasteiger partial charge in [0, 0.05) is 49.9 Å². The van der Waals surface area contributed by atoms with Gasteiger partial charge < -0.3 is 14.5 Å². The number of hydrogen-bond donors (Lipinski definition) is 0. The Balaban J connectivity index is 1.43. The highest BCUT2D eigenvalue weighted by Crippen LogP contribution is 2.29. The van der Waals surface area contributed by atoms with Crippen LogP contribution in [-0.4, -0.2) is 85.0 Å².